The zero-order chi connectivity index (χ0) is 11.7. The second-order valence-electron chi connectivity index (χ2n) is 3.53. The van der Waals surface area contributed by atoms with Gasteiger partial charge in [0.1, 0.15) is 0 Å². The maximum Gasteiger partial charge on any atom is 0.0735 e. The van der Waals surface area contributed by atoms with Gasteiger partial charge in [0.25, 0.3) is 0 Å². The summed E-state index contributed by atoms with van der Waals surface area (Å²) in [5.41, 5.74) is 8.24. The van der Waals surface area contributed by atoms with E-state index >= 15 is 0 Å². The fraction of sp³-hybridized carbons (Fsp3) is 0.182. The minimum atomic E-state index is -0.171. The smallest absolute Gasteiger partial charge is 0.0735 e. The Morgan fingerprint density at radius 3 is 2.38 bits per heavy atom. The summed E-state index contributed by atoms with van der Waals surface area (Å²) in [6.45, 7) is 0. The number of hydrogen-bond acceptors (Lipinski definition) is 2. The van der Waals surface area contributed by atoms with Crippen molar-refractivity contribution in [2.45, 2.75) is 6.04 Å². The van der Waals surface area contributed by atoms with E-state index in [1.165, 1.54) is 0 Å². The van der Waals surface area contributed by atoms with Crippen LogP contribution in [0.25, 0.3) is 0 Å². The van der Waals surface area contributed by atoms with Gasteiger partial charge in [0.15, 0.2) is 0 Å². The summed E-state index contributed by atoms with van der Waals surface area (Å²) in [5.74, 6) is 0. The third-order valence-corrected chi connectivity index (χ3v) is 3.60. The first-order valence-corrected chi connectivity index (χ1v) is 6.36. The highest BCUT2D eigenvalue weighted by molar-refractivity contribution is 9.10. The number of hydrogen-bond donors (Lipinski definition) is 1. The number of nitrogens with two attached hydrogens (primary N) is 1. The van der Waals surface area contributed by atoms with Crippen LogP contribution in [0.5, 0.6) is 0 Å². The number of aryl methyl sites for hydroxylation is 1. The first-order valence-electron chi connectivity index (χ1n) is 4.78. The van der Waals surface area contributed by atoms with E-state index in [9.17, 15) is 0 Å². The normalized spacial score (nSPS) is 12.8. The van der Waals surface area contributed by atoms with Gasteiger partial charge >= 0.3 is 0 Å². The molecule has 0 aliphatic carbocycles. The van der Waals surface area contributed by atoms with Crippen molar-refractivity contribution in [3.8, 4) is 0 Å². The molecule has 5 heteroatoms. The SMILES string of the molecule is Cn1ncc(Br)c1C(N)c1ccc(Br)cc1. The zero-order valence-corrected chi connectivity index (χ0v) is 11.9. The summed E-state index contributed by atoms with van der Waals surface area (Å²) in [6.07, 6.45) is 1.76. The molecule has 84 valence electrons. The van der Waals surface area contributed by atoms with Crippen molar-refractivity contribution < 1.29 is 0 Å². The predicted octanol–water partition coefficient (Wildman–Crippen LogP) is 2.99. The van der Waals surface area contributed by atoms with Crippen LogP contribution in [0.2, 0.25) is 0 Å². The molecule has 1 aromatic carbocycles. The van der Waals surface area contributed by atoms with Gasteiger partial charge in [-0.25, -0.2) is 0 Å². The molecule has 0 aliphatic rings. The fourth-order valence-corrected chi connectivity index (χ4v) is 2.46. The average molecular weight is 345 g/mol. The lowest BCUT2D eigenvalue weighted by molar-refractivity contribution is 0.671. The molecule has 1 heterocycles. The van der Waals surface area contributed by atoms with Crippen molar-refractivity contribution in [1.82, 2.24) is 9.78 Å². The highest BCUT2D eigenvalue weighted by Crippen LogP contribution is 2.26. The Labute approximate surface area is 111 Å². The largest absolute Gasteiger partial charge is 0.319 e. The van der Waals surface area contributed by atoms with Crippen LogP contribution in [-0.2, 0) is 7.05 Å². The highest BCUT2D eigenvalue weighted by Gasteiger charge is 2.16. The van der Waals surface area contributed by atoms with Gasteiger partial charge in [-0.15, -0.1) is 0 Å². The number of nitrogens with zero attached hydrogens (tertiary/aromatic N) is 2. The first-order chi connectivity index (χ1) is 7.59. The number of benzene rings is 1. The first kappa shape index (κ1) is 11.8. The molecule has 1 unspecified atom stereocenters. The van der Waals surface area contributed by atoms with E-state index in [1.807, 2.05) is 31.3 Å². The van der Waals surface area contributed by atoms with Gasteiger partial charge in [0, 0.05) is 11.5 Å². The molecular formula is C11H11Br2N3. The minimum Gasteiger partial charge on any atom is -0.319 e. The van der Waals surface area contributed by atoms with Gasteiger partial charge in [-0.3, -0.25) is 4.68 Å². The van der Waals surface area contributed by atoms with Crippen molar-refractivity contribution in [2.75, 3.05) is 0 Å². The summed E-state index contributed by atoms with van der Waals surface area (Å²) < 4.78 is 3.77. The number of aromatic nitrogens is 2. The summed E-state index contributed by atoms with van der Waals surface area (Å²) in [5, 5.41) is 4.16. The van der Waals surface area contributed by atoms with Crippen LogP contribution in [0.4, 0.5) is 0 Å². The third-order valence-electron chi connectivity index (χ3n) is 2.46. The van der Waals surface area contributed by atoms with E-state index in [1.54, 1.807) is 10.9 Å². The van der Waals surface area contributed by atoms with Crippen LogP contribution in [0.1, 0.15) is 17.3 Å². The molecule has 0 bridgehead atoms. The standard InChI is InChI=1S/C11H11Br2N3/c1-16-11(9(13)6-15-16)10(14)7-2-4-8(12)5-3-7/h2-6,10H,14H2,1H3. The molecular weight excluding hydrogens is 334 g/mol. The van der Waals surface area contributed by atoms with Crippen molar-refractivity contribution in [2.24, 2.45) is 12.8 Å². The van der Waals surface area contributed by atoms with Gasteiger partial charge < -0.3 is 5.73 Å². The van der Waals surface area contributed by atoms with E-state index in [-0.39, 0.29) is 6.04 Å². The maximum absolute atomic E-state index is 6.21. The Bertz CT molecular complexity index is 471. The summed E-state index contributed by atoms with van der Waals surface area (Å²) in [7, 11) is 1.89. The molecule has 2 N–H and O–H groups in total. The molecule has 2 aromatic rings. The Balaban J connectivity index is 2.39. The quantitative estimate of drug-likeness (QED) is 0.910. The number of rotatable bonds is 2. The maximum atomic E-state index is 6.21. The van der Waals surface area contributed by atoms with Crippen LogP contribution < -0.4 is 5.73 Å². The lowest BCUT2D eigenvalue weighted by atomic mass is 10.1. The van der Waals surface area contributed by atoms with E-state index in [2.05, 4.69) is 37.0 Å². The van der Waals surface area contributed by atoms with Gasteiger partial charge in [0.2, 0.25) is 0 Å². The molecule has 1 aromatic heterocycles. The predicted molar refractivity (Wildman–Crippen MR) is 71.1 cm³/mol. The average Bonchev–Trinajstić information content (AvgIpc) is 2.59. The third kappa shape index (κ3) is 2.21. The van der Waals surface area contributed by atoms with E-state index in [0.29, 0.717) is 0 Å². The topological polar surface area (TPSA) is 43.8 Å². The van der Waals surface area contributed by atoms with E-state index in [4.69, 9.17) is 5.73 Å². The Morgan fingerprint density at radius 2 is 1.88 bits per heavy atom. The molecule has 0 aliphatic heterocycles. The van der Waals surface area contributed by atoms with Gasteiger partial charge in [-0.05, 0) is 33.6 Å². The summed E-state index contributed by atoms with van der Waals surface area (Å²) in [4.78, 5) is 0. The lowest BCUT2D eigenvalue weighted by Gasteiger charge is -2.13. The van der Waals surface area contributed by atoms with E-state index < -0.39 is 0 Å². The summed E-state index contributed by atoms with van der Waals surface area (Å²) in [6, 6.07) is 7.82. The van der Waals surface area contributed by atoms with Crippen LogP contribution in [0.15, 0.2) is 39.4 Å². The van der Waals surface area contributed by atoms with E-state index in [0.717, 1.165) is 20.2 Å². The molecule has 2 rings (SSSR count). The van der Waals surface area contributed by atoms with Crippen molar-refractivity contribution in [3.63, 3.8) is 0 Å². The molecule has 0 spiro atoms. The lowest BCUT2D eigenvalue weighted by Crippen LogP contribution is -2.16. The van der Waals surface area contributed by atoms with Crippen molar-refractivity contribution in [3.05, 3.63) is 50.7 Å². The van der Waals surface area contributed by atoms with Crippen molar-refractivity contribution in [1.29, 1.82) is 0 Å². The number of halogens is 2. The zero-order valence-electron chi connectivity index (χ0n) is 8.69. The van der Waals surface area contributed by atoms with Crippen LogP contribution >= 0.6 is 31.9 Å². The minimum absolute atomic E-state index is 0.171. The van der Waals surface area contributed by atoms with Crippen LogP contribution in [0, 0.1) is 0 Å². The summed E-state index contributed by atoms with van der Waals surface area (Å²) >= 11 is 6.86. The van der Waals surface area contributed by atoms with Crippen molar-refractivity contribution >= 4 is 31.9 Å². The van der Waals surface area contributed by atoms with Crippen LogP contribution in [0.3, 0.4) is 0 Å². The molecule has 0 saturated carbocycles. The Kier molecular flexibility index (Phi) is 3.47. The second kappa shape index (κ2) is 4.69. The molecule has 16 heavy (non-hydrogen) atoms. The Hall–Kier alpha value is -0.650. The Morgan fingerprint density at radius 1 is 1.25 bits per heavy atom. The fourth-order valence-electron chi connectivity index (χ4n) is 1.60. The molecule has 1 atom stereocenters. The monoisotopic (exact) mass is 343 g/mol. The molecule has 0 radical (unpaired) electrons. The molecule has 0 amide bonds. The second-order valence-corrected chi connectivity index (χ2v) is 5.30. The van der Waals surface area contributed by atoms with Crippen LogP contribution in [-0.4, -0.2) is 9.78 Å². The molecule has 0 fully saturated rings. The van der Waals surface area contributed by atoms with Gasteiger partial charge in [-0.1, -0.05) is 28.1 Å². The molecule has 0 saturated heterocycles. The van der Waals surface area contributed by atoms with Gasteiger partial charge in [-0.2, -0.15) is 5.10 Å². The highest BCUT2D eigenvalue weighted by atomic mass is 79.9. The van der Waals surface area contributed by atoms with Gasteiger partial charge in [0.05, 0.1) is 22.4 Å². The molecule has 3 nitrogen and oxygen atoms in total.